The van der Waals surface area contributed by atoms with Gasteiger partial charge in [0, 0.05) is 0 Å². The predicted molar refractivity (Wildman–Crippen MR) is 59.7 cm³/mol. The third-order valence-electron chi connectivity index (χ3n) is 1.80. The zero-order valence-electron chi connectivity index (χ0n) is 7.84. The predicted octanol–water partition coefficient (Wildman–Crippen LogP) is 4.47. The average Bonchev–Trinajstić information content (AvgIpc) is 2.70. The van der Waals surface area contributed by atoms with Crippen molar-refractivity contribution in [1.82, 2.24) is 0 Å². The van der Waals surface area contributed by atoms with E-state index in [0.717, 1.165) is 10.7 Å². The highest BCUT2D eigenvalue weighted by Gasteiger charge is 1.90. The van der Waals surface area contributed by atoms with Gasteiger partial charge >= 0.3 is 0 Å². The van der Waals surface area contributed by atoms with Crippen LogP contribution in [0.1, 0.15) is 5.56 Å². The van der Waals surface area contributed by atoms with Gasteiger partial charge < -0.3 is 0 Å². The Labute approximate surface area is 86.9 Å². The molecule has 0 spiro atoms. The molecule has 14 heavy (non-hydrogen) atoms. The van der Waals surface area contributed by atoms with E-state index in [1.165, 1.54) is 5.56 Å². The molecule has 0 bridgehead atoms. The van der Waals surface area contributed by atoms with Gasteiger partial charge in [-0.25, -0.2) is 0 Å². The summed E-state index contributed by atoms with van der Waals surface area (Å²) in [6.07, 6.45) is 0. The van der Waals surface area contributed by atoms with Crippen LogP contribution >= 0.6 is 11.3 Å². The number of benzene rings is 1. The molecule has 0 amide bonds. The Morgan fingerprint density at radius 3 is 2.43 bits per heavy atom. The molecule has 2 aromatic rings. The van der Waals surface area contributed by atoms with Crippen molar-refractivity contribution in [3.8, 4) is 0 Å². The van der Waals surface area contributed by atoms with E-state index < -0.39 is 0 Å². The second kappa shape index (κ2) is 4.15. The lowest BCUT2D eigenvalue weighted by Gasteiger charge is -1.92. The summed E-state index contributed by atoms with van der Waals surface area (Å²) in [6, 6.07) is 11.9. The van der Waals surface area contributed by atoms with Crippen molar-refractivity contribution in [1.29, 1.82) is 0 Å². The molecule has 0 aliphatic carbocycles. The first kappa shape index (κ1) is 9.09. The number of hydrogen-bond donors (Lipinski definition) is 0. The van der Waals surface area contributed by atoms with Gasteiger partial charge in [-0.1, -0.05) is 17.7 Å². The van der Waals surface area contributed by atoms with Crippen molar-refractivity contribution in [2.45, 2.75) is 6.92 Å². The maximum absolute atomic E-state index is 4.13. The smallest absolute Gasteiger partial charge is 0.138 e. The zero-order chi connectivity index (χ0) is 9.80. The van der Waals surface area contributed by atoms with E-state index in [-0.39, 0.29) is 0 Å². The number of azo groups is 1. The molecular formula is C11H10N2S. The summed E-state index contributed by atoms with van der Waals surface area (Å²) in [7, 11) is 0. The van der Waals surface area contributed by atoms with Crippen molar-refractivity contribution < 1.29 is 0 Å². The standard InChI is InChI=1S/C11H10N2S/c1-9-4-6-10(7-5-9)12-13-11-3-2-8-14-11/h2-8H,1H3. The van der Waals surface area contributed by atoms with E-state index in [2.05, 4.69) is 17.2 Å². The van der Waals surface area contributed by atoms with Crippen molar-refractivity contribution in [2.75, 3.05) is 0 Å². The monoisotopic (exact) mass is 202 g/mol. The normalized spacial score (nSPS) is 10.9. The van der Waals surface area contributed by atoms with E-state index in [4.69, 9.17) is 0 Å². The summed E-state index contributed by atoms with van der Waals surface area (Å²) in [6.45, 7) is 2.06. The Bertz CT molecular complexity index is 415. The van der Waals surface area contributed by atoms with Gasteiger partial charge in [0.15, 0.2) is 0 Å². The lowest BCUT2D eigenvalue weighted by Crippen LogP contribution is -1.67. The summed E-state index contributed by atoms with van der Waals surface area (Å²) in [5.41, 5.74) is 2.13. The molecule has 1 heterocycles. The van der Waals surface area contributed by atoms with Crippen LogP contribution in [0.2, 0.25) is 0 Å². The maximum atomic E-state index is 4.13. The van der Waals surface area contributed by atoms with Crippen LogP contribution in [-0.2, 0) is 0 Å². The molecule has 2 nitrogen and oxygen atoms in total. The fourth-order valence-corrected chi connectivity index (χ4v) is 1.59. The van der Waals surface area contributed by atoms with Crippen LogP contribution in [-0.4, -0.2) is 0 Å². The van der Waals surface area contributed by atoms with Gasteiger partial charge in [-0.15, -0.1) is 21.6 Å². The van der Waals surface area contributed by atoms with E-state index >= 15 is 0 Å². The van der Waals surface area contributed by atoms with Gasteiger partial charge in [0.25, 0.3) is 0 Å². The second-order valence-electron chi connectivity index (χ2n) is 2.99. The summed E-state index contributed by atoms with van der Waals surface area (Å²) < 4.78 is 0. The topological polar surface area (TPSA) is 24.7 Å². The molecule has 0 unspecified atom stereocenters. The number of thiophene rings is 1. The summed E-state index contributed by atoms with van der Waals surface area (Å²) in [5.74, 6) is 0. The van der Waals surface area contributed by atoms with E-state index in [9.17, 15) is 0 Å². The van der Waals surface area contributed by atoms with Crippen LogP contribution in [0, 0.1) is 6.92 Å². The van der Waals surface area contributed by atoms with Crippen molar-refractivity contribution in [2.24, 2.45) is 10.2 Å². The number of aryl methyl sites for hydroxylation is 1. The van der Waals surface area contributed by atoms with E-state index in [1.54, 1.807) is 11.3 Å². The lowest BCUT2D eigenvalue weighted by molar-refractivity contribution is 1.25. The average molecular weight is 202 g/mol. The van der Waals surface area contributed by atoms with Crippen molar-refractivity contribution in [3.05, 3.63) is 47.3 Å². The first-order valence-electron chi connectivity index (χ1n) is 4.36. The Hall–Kier alpha value is -1.48. The highest BCUT2D eigenvalue weighted by Crippen LogP contribution is 2.22. The molecule has 3 heteroatoms. The molecule has 2 rings (SSSR count). The molecule has 0 aliphatic rings. The summed E-state index contributed by atoms with van der Waals surface area (Å²) in [5, 5.41) is 11.2. The Kier molecular flexibility index (Phi) is 2.70. The minimum atomic E-state index is 0.893. The lowest BCUT2D eigenvalue weighted by atomic mass is 10.2. The van der Waals surface area contributed by atoms with Crippen LogP contribution in [0.4, 0.5) is 10.7 Å². The highest BCUT2D eigenvalue weighted by atomic mass is 32.1. The molecule has 0 saturated carbocycles. The third kappa shape index (κ3) is 2.26. The van der Waals surface area contributed by atoms with Gasteiger partial charge in [0.1, 0.15) is 5.00 Å². The van der Waals surface area contributed by atoms with Crippen molar-refractivity contribution >= 4 is 22.0 Å². The van der Waals surface area contributed by atoms with Crippen molar-refractivity contribution in [3.63, 3.8) is 0 Å². The Morgan fingerprint density at radius 1 is 1.00 bits per heavy atom. The van der Waals surface area contributed by atoms with Gasteiger partial charge in [0.2, 0.25) is 0 Å². The molecule has 0 saturated heterocycles. The summed E-state index contributed by atoms with van der Waals surface area (Å²) in [4.78, 5) is 0. The summed E-state index contributed by atoms with van der Waals surface area (Å²) >= 11 is 1.58. The van der Waals surface area contributed by atoms with E-state index in [1.807, 2.05) is 41.8 Å². The largest absolute Gasteiger partial charge is 0.150 e. The minimum Gasteiger partial charge on any atom is -0.150 e. The molecule has 0 fully saturated rings. The van der Waals surface area contributed by atoms with Gasteiger partial charge in [0.05, 0.1) is 5.69 Å². The molecule has 1 aromatic carbocycles. The van der Waals surface area contributed by atoms with Crippen LogP contribution in [0.3, 0.4) is 0 Å². The quantitative estimate of drug-likeness (QED) is 0.642. The highest BCUT2D eigenvalue weighted by molar-refractivity contribution is 7.13. The fraction of sp³-hybridized carbons (Fsp3) is 0.0909. The number of hydrogen-bond acceptors (Lipinski definition) is 3. The Morgan fingerprint density at radius 2 is 1.79 bits per heavy atom. The molecule has 0 radical (unpaired) electrons. The van der Waals surface area contributed by atoms with Crippen LogP contribution in [0.5, 0.6) is 0 Å². The molecule has 1 aromatic heterocycles. The number of rotatable bonds is 2. The SMILES string of the molecule is Cc1ccc(N=Nc2cccs2)cc1. The van der Waals surface area contributed by atoms with Crippen LogP contribution in [0.15, 0.2) is 52.0 Å². The molecular weight excluding hydrogens is 192 g/mol. The first-order chi connectivity index (χ1) is 6.84. The molecule has 0 N–H and O–H groups in total. The van der Waals surface area contributed by atoms with Gasteiger partial charge in [-0.05, 0) is 36.6 Å². The van der Waals surface area contributed by atoms with Crippen LogP contribution in [0.25, 0.3) is 0 Å². The van der Waals surface area contributed by atoms with Crippen LogP contribution < -0.4 is 0 Å². The second-order valence-corrected chi connectivity index (χ2v) is 3.91. The van der Waals surface area contributed by atoms with Gasteiger partial charge in [-0.2, -0.15) is 0 Å². The first-order valence-corrected chi connectivity index (χ1v) is 5.24. The molecule has 0 atom stereocenters. The zero-order valence-corrected chi connectivity index (χ0v) is 8.66. The Balaban J connectivity index is 2.15. The van der Waals surface area contributed by atoms with E-state index in [0.29, 0.717) is 0 Å². The fourth-order valence-electron chi connectivity index (χ4n) is 1.05. The minimum absolute atomic E-state index is 0.893. The maximum Gasteiger partial charge on any atom is 0.138 e. The van der Waals surface area contributed by atoms with Gasteiger partial charge in [-0.3, -0.25) is 0 Å². The number of nitrogens with zero attached hydrogens (tertiary/aromatic N) is 2. The third-order valence-corrected chi connectivity index (χ3v) is 2.56. The molecule has 70 valence electrons. The molecule has 0 aliphatic heterocycles.